The molecule has 0 aromatic rings. The minimum absolute atomic E-state index is 0.447. The zero-order valence-corrected chi connectivity index (χ0v) is 31.6. The fourth-order valence-electron chi connectivity index (χ4n) is 0. The Balaban J connectivity index is -0.0000000793. The van der Waals surface area contributed by atoms with Crippen LogP contribution in [0.4, 0.5) is 0 Å². The molecular weight excluding hydrogens is 933 g/mol. The van der Waals surface area contributed by atoms with Crippen LogP contribution in [0, 0.1) is 0 Å². The van der Waals surface area contributed by atoms with Gasteiger partial charge in [-0.25, -0.2) is 0 Å². The van der Waals surface area contributed by atoms with E-state index in [0.717, 1.165) is 0 Å². The van der Waals surface area contributed by atoms with Crippen LogP contribution in [0.2, 0.25) is 0 Å². The first-order valence-electron chi connectivity index (χ1n) is 6.57. The molecule has 0 fully saturated rings. The van der Waals surface area contributed by atoms with Crippen LogP contribution in [0.25, 0.3) is 0 Å². The van der Waals surface area contributed by atoms with Crippen molar-refractivity contribution < 1.29 is 6.27 Å². The second-order valence-electron chi connectivity index (χ2n) is 4.82. The summed E-state index contributed by atoms with van der Waals surface area (Å²) < 4.78 is 2.04. The molecule has 4 nitrogen and oxygen atoms in total. The molecule has 0 saturated carbocycles. The Morgan fingerprint density at radius 1 is 0.500 bits per heavy atom. The van der Waals surface area contributed by atoms with Gasteiger partial charge in [-0.05, 0) is 0 Å². The molecular formula is C12H24I3MoN4S8-4. The Morgan fingerprint density at radius 2 is 0.536 bits per heavy atom. The predicted molar refractivity (Wildman–Crippen MR) is 177 cm³/mol. The predicted octanol–water partition coefficient (Wildman–Crippen LogP) is 4.17. The molecule has 0 aliphatic carbocycles. The number of nitrogens with zero attached hydrogens (tertiary/aromatic N) is 4. The van der Waals surface area contributed by atoms with Crippen LogP contribution in [0.3, 0.4) is 0 Å². The Labute approximate surface area is 252 Å². The average Bonchev–Trinajstić information content (AvgIpc) is 2.47. The molecule has 0 N–H and O–H groups in total. The van der Waals surface area contributed by atoms with E-state index < -0.39 is 6.27 Å². The Morgan fingerprint density at radius 3 is 0.536 bits per heavy atom. The summed E-state index contributed by atoms with van der Waals surface area (Å²) in [6.45, 7) is 0. The van der Waals surface area contributed by atoms with E-state index in [-0.39, 0.29) is 0 Å². The average molecular weight is 958 g/mol. The van der Waals surface area contributed by atoms with Crippen molar-refractivity contribution in [3.05, 3.63) is 0 Å². The molecule has 0 aliphatic heterocycles. The normalized spacial score (nSPS) is 7.86. The molecule has 0 amide bonds. The summed E-state index contributed by atoms with van der Waals surface area (Å²) in [6, 6.07) is 0. The van der Waals surface area contributed by atoms with E-state index in [4.69, 9.17) is 0 Å². The fourth-order valence-corrected chi connectivity index (χ4v) is 0. The van der Waals surface area contributed by atoms with Gasteiger partial charge in [-0.15, -0.1) is 0 Å². The van der Waals surface area contributed by atoms with Crippen molar-refractivity contribution in [1.29, 1.82) is 0 Å². The number of hydrogen-bond donors (Lipinski definition) is 0. The number of halogens is 3. The Kier molecular flexibility index (Phi) is 42.1. The molecule has 0 rings (SSSR count). The summed E-state index contributed by atoms with van der Waals surface area (Å²) in [6.07, 6.45) is -0.447. The first-order chi connectivity index (χ1) is 12.3. The van der Waals surface area contributed by atoms with Gasteiger partial charge in [-0.1, -0.05) is 17.3 Å². The first-order valence-corrected chi connectivity index (χ1v) is 27.7. The molecule has 0 aromatic heterocycles. The van der Waals surface area contributed by atoms with Crippen molar-refractivity contribution in [2.45, 2.75) is 0 Å². The number of thiocarbonyl (C=S) groups is 4. The number of hydrogen-bond acceptors (Lipinski definition) is 8. The van der Waals surface area contributed by atoms with E-state index in [9.17, 15) is 0 Å². The molecule has 0 bridgehead atoms. The topological polar surface area (TPSA) is 13.0 Å². The Bertz CT molecular complexity index is 366. The van der Waals surface area contributed by atoms with Crippen molar-refractivity contribution in [3.8, 4) is 0 Å². The summed E-state index contributed by atoms with van der Waals surface area (Å²) >= 11 is 43.9. The summed E-state index contributed by atoms with van der Waals surface area (Å²) in [5.41, 5.74) is 0. The van der Waals surface area contributed by atoms with Gasteiger partial charge >= 0.3 is 64.3 Å². The second kappa shape index (κ2) is 28.4. The van der Waals surface area contributed by atoms with E-state index in [1.165, 1.54) is 0 Å². The van der Waals surface area contributed by atoms with Crippen LogP contribution in [0.15, 0.2) is 0 Å². The third-order valence-corrected chi connectivity index (χ3v) is 4.38. The molecule has 0 saturated heterocycles. The zero-order chi connectivity index (χ0) is 24.2. The molecule has 28 heavy (non-hydrogen) atoms. The van der Waals surface area contributed by atoms with Crippen LogP contribution in [-0.2, 0) is 56.8 Å². The third-order valence-electron chi connectivity index (χ3n) is 1.46. The van der Waals surface area contributed by atoms with Gasteiger partial charge < -0.3 is 119 Å². The molecule has 0 radical (unpaired) electrons. The molecule has 171 valence electrons. The quantitative estimate of drug-likeness (QED) is 0.150. The van der Waals surface area contributed by atoms with Gasteiger partial charge in [0, 0.05) is 56.4 Å². The molecule has 0 heterocycles. The summed E-state index contributed by atoms with van der Waals surface area (Å²) in [4.78, 5) is 6.85. The monoisotopic (exact) mass is 959 g/mol. The van der Waals surface area contributed by atoms with Gasteiger partial charge in [0.05, 0.1) is 0 Å². The minimum atomic E-state index is -0.447. The molecule has 0 aromatic carbocycles. The summed E-state index contributed by atoms with van der Waals surface area (Å²) in [5.74, 6) is 0. The van der Waals surface area contributed by atoms with Gasteiger partial charge in [0.15, 0.2) is 0 Å². The molecule has 0 spiro atoms. The fraction of sp³-hybridized carbons (Fsp3) is 0.667. The van der Waals surface area contributed by atoms with Gasteiger partial charge in [0.2, 0.25) is 0 Å². The van der Waals surface area contributed by atoms with Crippen molar-refractivity contribution in [2.24, 2.45) is 0 Å². The summed E-state index contributed by atoms with van der Waals surface area (Å²) in [5, 5.41) is 0. The van der Waals surface area contributed by atoms with Gasteiger partial charge in [-0.2, -0.15) is 0 Å². The van der Waals surface area contributed by atoms with Crippen molar-refractivity contribution in [3.63, 3.8) is 0 Å². The maximum atomic E-state index is 4.56. The van der Waals surface area contributed by atoms with Gasteiger partial charge in [0.1, 0.15) is 0 Å². The number of rotatable bonds is 0. The summed E-state index contributed by atoms with van der Waals surface area (Å²) in [7, 11) is 14.6. The van der Waals surface area contributed by atoms with Crippen molar-refractivity contribution >= 4 is 175 Å². The van der Waals surface area contributed by atoms with Crippen LogP contribution in [0.1, 0.15) is 0 Å². The van der Waals surface area contributed by atoms with Gasteiger partial charge in [-0.3, -0.25) is 0 Å². The van der Waals surface area contributed by atoms with E-state index >= 15 is 0 Å². The van der Waals surface area contributed by atoms with Crippen LogP contribution in [-0.4, -0.2) is 93.3 Å². The van der Waals surface area contributed by atoms with Gasteiger partial charge in [0.25, 0.3) is 0 Å². The van der Waals surface area contributed by atoms with Crippen LogP contribution < -0.4 is 0 Å². The van der Waals surface area contributed by atoms with Crippen LogP contribution >= 0.6 is 107 Å². The maximum absolute atomic E-state index is 4.56. The SMILES string of the molecule is CN(C)C(=S)[S-].CN(C)C(=S)[S-].CN(C)C(=S)[S-].CN(C)C(=S)[S-].[I][Mo]([I])[I]. The van der Waals surface area contributed by atoms with Crippen molar-refractivity contribution in [1.82, 2.24) is 19.6 Å². The van der Waals surface area contributed by atoms with E-state index in [2.05, 4.69) is 157 Å². The van der Waals surface area contributed by atoms with Crippen LogP contribution in [0.5, 0.6) is 0 Å². The molecule has 16 heteroatoms. The molecule has 0 aliphatic rings. The molecule has 0 atom stereocenters. The van der Waals surface area contributed by atoms with E-state index in [0.29, 0.717) is 17.3 Å². The first kappa shape index (κ1) is 41.6. The van der Waals surface area contributed by atoms with E-state index in [1.54, 1.807) is 19.6 Å². The van der Waals surface area contributed by atoms with Crippen molar-refractivity contribution in [2.75, 3.05) is 56.4 Å². The molecule has 0 unspecified atom stereocenters. The third kappa shape index (κ3) is 63.0. The Hall–Kier alpha value is 3.32. The van der Waals surface area contributed by atoms with E-state index in [1.807, 2.05) is 56.4 Å². The second-order valence-corrected chi connectivity index (χ2v) is 55.3. The zero-order valence-electron chi connectivity index (χ0n) is 16.6. The standard InChI is InChI=1S/4C3H7NS2.3HI.Mo/c4*1-4(2)3(5)6;;;;/h4*1-2H3,(H,5,6);3*1H;/q;;;;;;;+3/p-7.